The average Bonchev–Trinajstić information content (AvgIpc) is 3.16. The van der Waals surface area contributed by atoms with E-state index in [2.05, 4.69) is 32.4 Å². The molecule has 6 nitrogen and oxygen atoms in total. The van der Waals surface area contributed by atoms with E-state index in [1.807, 2.05) is 45.0 Å². The van der Waals surface area contributed by atoms with Crippen LogP contribution in [-0.4, -0.2) is 30.7 Å². The highest BCUT2D eigenvalue weighted by Gasteiger charge is 2.13. The summed E-state index contributed by atoms with van der Waals surface area (Å²) in [5, 5.41) is 9.30. The largest absolute Gasteiger partial charge is 0.292 e. The molecule has 0 spiro atoms. The van der Waals surface area contributed by atoms with Crippen LogP contribution in [0, 0.1) is 20.8 Å². The smallest absolute Gasteiger partial charge is 0.185 e. The third kappa shape index (κ3) is 4.21. The zero-order chi connectivity index (χ0) is 20.4. The molecule has 0 atom stereocenters. The van der Waals surface area contributed by atoms with Gasteiger partial charge in [-0.25, -0.2) is 4.68 Å². The summed E-state index contributed by atoms with van der Waals surface area (Å²) in [6.45, 7) is 6.57. The Labute approximate surface area is 169 Å². The van der Waals surface area contributed by atoms with E-state index in [0.29, 0.717) is 25.1 Å². The van der Waals surface area contributed by atoms with Gasteiger partial charge in [-0.1, -0.05) is 17.3 Å². The van der Waals surface area contributed by atoms with Gasteiger partial charge < -0.3 is 0 Å². The molecule has 4 aromatic rings. The summed E-state index contributed by atoms with van der Waals surface area (Å²) in [5.41, 5.74) is 6.74. The van der Waals surface area contributed by atoms with Crippen LogP contribution in [0.5, 0.6) is 0 Å². The van der Waals surface area contributed by atoms with E-state index in [1.54, 1.807) is 17.1 Å². The Bertz CT molecular complexity index is 1170. The molecular weight excluding hydrogens is 362 g/mol. The molecule has 0 unspecified atom stereocenters. The number of carbonyl (C=O) groups excluding carboxylic acids is 1. The molecule has 0 aliphatic carbocycles. The molecule has 0 saturated carbocycles. The number of aryl methyl sites for hydroxylation is 3. The summed E-state index contributed by atoms with van der Waals surface area (Å²) >= 11 is 0. The lowest BCUT2D eigenvalue weighted by atomic mass is 10.0. The van der Waals surface area contributed by atoms with Crippen molar-refractivity contribution in [2.45, 2.75) is 40.2 Å². The van der Waals surface area contributed by atoms with E-state index < -0.39 is 0 Å². The fourth-order valence-corrected chi connectivity index (χ4v) is 3.54. The third-order valence-electron chi connectivity index (χ3n) is 5.17. The van der Waals surface area contributed by atoms with Crippen LogP contribution in [0.25, 0.3) is 10.9 Å². The molecule has 29 heavy (non-hydrogen) atoms. The van der Waals surface area contributed by atoms with Gasteiger partial charge in [-0.15, -0.1) is 5.10 Å². The molecule has 0 aliphatic rings. The maximum absolute atomic E-state index is 12.6. The van der Waals surface area contributed by atoms with Gasteiger partial charge in [0.15, 0.2) is 5.78 Å². The zero-order valence-corrected chi connectivity index (χ0v) is 16.9. The fourth-order valence-electron chi connectivity index (χ4n) is 3.54. The molecule has 0 saturated heterocycles. The van der Waals surface area contributed by atoms with Crippen molar-refractivity contribution in [3.05, 3.63) is 82.6 Å². The van der Waals surface area contributed by atoms with Crippen LogP contribution in [0.15, 0.2) is 48.8 Å². The minimum Gasteiger partial charge on any atom is -0.292 e. The van der Waals surface area contributed by atoms with Crippen LogP contribution in [0.2, 0.25) is 0 Å². The number of hydrogen-bond acceptors (Lipinski definition) is 5. The minimum absolute atomic E-state index is 0.00269. The number of Topliss-reactive ketones (excluding diaryl/α,β-unsaturated/α-hetero) is 1. The number of hydrogen-bond donors (Lipinski definition) is 0. The van der Waals surface area contributed by atoms with Gasteiger partial charge in [0.1, 0.15) is 5.69 Å². The van der Waals surface area contributed by atoms with Gasteiger partial charge >= 0.3 is 0 Å². The number of carbonyl (C=O) groups is 1. The summed E-state index contributed by atoms with van der Waals surface area (Å²) in [6, 6.07) is 12.2. The van der Waals surface area contributed by atoms with Crippen LogP contribution in [0.3, 0.4) is 0 Å². The monoisotopic (exact) mass is 385 g/mol. The molecule has 0 bridgehead atoms. The predicted molar refractivity (Wildman–Crippen MR) is 112 cm³/mol. The van der Waals surface area contributed by atoms with E-state index in [-0.39, 0.29) is 5.78 Å². The molecule has 146 valence electrons. The lowest BCUT2D eigenvalue weighted by Crippen LogP contribution is -2.05. The van der Waals surface area contributed by atoms with E-state index in [0.717, 1.165) is 39.0 Å². The van der Waals surface area contributed by atoms with Gasteiger partial charge in [0.25, 0.3) is 0 Å². The van der Waals surface area contributed by atoms with Gasteiger partial charge in [-0.3, -0.25) is 14.8 Å². The highest BCUT2D eigenvalue weighted by Crippen LogP contribution is 2.17. The Morgan fingerprint density at radius 1 is 1.07 bits per heavy atom. The summed E-state index contributed by atoms with van der Waals surface area (Å²) in [7, 11) is 0. The van der Waals surface area contributed by atoms with E-state index in [9.17, 15) is 4.79 Å². The average molecular weight is 385 g/mol. The number of nitrogens with zero attached hydrogens (tertiary/aromatic N) is 5. The van der Waals surface area contributed by atoms with Crippen LogP contribution in [0.4, 0.5) is 0 Å². The van der Waals surface area contributed by atoms with Crippen molar-refractivity contribution in [3.8, 4) is 0 Å². The van der Waals surface area contributed by atoms with Crippen molar-refractivity contribution in [2.75, 3.05) is 0 Å². The normalized spacial score (nSPS) is 11.1. The lowest BCUT2D eigenvalue weighted by Gasteiger charge is -2.07. The second-order valence-electron chi connectivity index (χ2n) is 7.40. The first kappa shape index (κ1) is 18.9. The molecule has 3 aromatic heterocycles. The Balaban J connectivity index is 1.44. The zero-order valence-electron chi connectivity index (χ0n) is 16.9. The summed E-state index contributed by atoms with van der Waals surface area (Å²) in [6.07, 6.45) is 4.58. The van der Waals surface area contributed by atoms with Crippen molar-refractivity contribution in [1.82, 2.24) is 25.0 Å². The first-order valence-electron chi connectivity index (χ1n) is 9.70. The molecule has 1 aromatic carbocycles. The van der Waals surface area contributed by atoms with Crippen molar-refractivity contribution in [3.63, 3.8) is 0 Å². The Morgan fingerprint density at radius 3 is 2.76 bits per heavy atom. The van der Waals surface area contributed by atoms with Crippen LogP contribution in [0.1, 0.15) is 45.0 Å². The Kier molecular flexibility index (Phi) is 5.16. The summed E-state index contributed by atoms with van der Waals surface area (Å²) < 4.78 is 1.70. The molecule has 4 rings (SSSR count). The van der Waals surface area contributed by atoms with Crippen molar-refractivity contribution >= 4 is 16.7 Å². The molecule has 0 radical (unpaired) electrons. The van der Waals surface area contributed by atoms with Crippen LogP contribution in [-0.2, 0) is 13.0 Å². The predicted octanol–water partition coefficient (Wildman–Crippen LogP) is 4.01. The number of ketones is 1. The number of rotatable bonds is 6. The molecule has 0 aliphatic heterocycles. The molecule has 0 N–H and O–H groups in total. The van der Waals surface area contributed by atoms with Gasteiger partial charge in [-0.05, 0) is 68.1 Å². The molecule has 0 amide bonds. The maximum atomic E-state index is 12.6. The summed E-state index contributed by atoms with van der Waals surface area (Å²) in [4.78, 5) is 21.4. The first-order chi connectivity index (χ1) is 14.0. The number of pyridine rings is 2. The van der Waals surface area contributed by atoms with Gasteiger partial charge in [0.2, 0.25) is 0 Å². The second kappa shape index (κ2) is 7.91. The number of aromatic nitrogens is 5. The number of benzene rings is 1. The van der Waals surface area contributed by atoms with Crippen molar-refractivity contribution in [2.24, 2.45) is 0 Å². The van der Waals surface area contributed by atoms with Gasteiger partial charge in [0.05, 0.1) is 18.3 Å². The van der Waals surface area contributed by atoms with E-state index in [1.165, 1.54) is 0 Å². The van der Waals surface area contributed by atoms with Crippen molar-refractivity contribution < 1.29 is 4.79 Å². The van der Waals surface area contributed by atoms with Gasteiger partial charge in [-0.2, -0.15) is 0 Å². The van der Waals surface area contributed by atoms with Crippen LogP contribution < -0.4 is 0 Å². The second-order valence-corrected chi connectivity index (χ2v) is 7.40. The third-order valence-corrected chi connectivity index (χ3v) is 5.17. The van der Waals surface area contributed by atoms with Crippen LogP contribution >= 0.6 is 0 Å². The topological polar surface area (TPSA) is 73.6 Å². The highest BCUT2D eigenvalue weighted by atomic mass is 16.1. The first-order valence-corrected chi connectivity index (χ1v) is 9.70. The van der Waals surface area contributed by atoms with E-state index >= 15 is 0 Å². The van der Waals surface area contributed by atoms with Gasteiger partial charge in [0, 0.05) is 29.4 Å². The standard InChI is InChI=1S/C23H23N5O/c1-15-10-11-24-17(3)20(15)7-9-23(29)22-14-28(27-26-22)13-18-5-8-21-19(12-18)6-4-16(2)25-21/h4-6,8,10-12,14H,7,9,13H2,1-3H3. The quantitative estimate of drug-likeness (QED) is 0.469. The number of fused-ring (bicyclic) bond motifs is 1. The molecule has 6 heteroatoms. The SMILES string of the molecule is Cc1ccc2cc(Cn3cc(C(=O)CCc4c(C)ccnc4C)nn3)ccc2n1. The molecule has 0 fully saturated rings. The highest BCUT2D eigenvalue weighted by molar-refractivity contribution is 5.94. The van der Waals surface area contributed by atoms with Crippen molar-refractivity contribution in [1.29, 1.82) is 0 Å². The maximum Gasteiger partial charge on any atom is 0.185 e. The molecular formula is C23H23N5O. The summed E-state index contributed by atoms with van der Waals surface area (Å²) in [5.74, 6) is -0.00269. The lowest BCUT2D eigenvalue weighted by molar-refractivity contribution is 0.0978. The fraction of sp³-hybridized carbons (Fsp3) is 0.261. The Hall–Kier alpha value is -3.41. The minimum atomic E-state index is -0.00269. The Morgan fingerprint density at radius 2 is 1.93 bits per heavy atom. The molecule has 3 heterocycles. The van der Waals surface area contributed by atoms with E-state index in [4.69, 9.17) is 0 Å².